The lowest BCUT2D eigenvalue weighted by atomic mass is 10.1. The second kappa shape index (κ2) is 6.42. The molecule has 96 valence electrons. The molecule has 1 aromatic carbocycles. The lowest BCUT2D eigenvalue weighted by molar-refractivity contribution is 0.103. The van der Waals surface area contributed by atoms with Crippen molar-refractivity contribution < 1.29 is 4.74 Å². The van der Waals surface area contributed by atoms with Crippen molar-refractivity contribution in [1.82, 2.24) is 0 Å². The van der Waals surface area contributed by atoms with Crippen LogP contribution in [0.25, 0.3) is 0 Å². The number of nitriles is 1. The quantitative estimate of drug-likeness (QED) is 0.809. The largest absolute Gasteiger partial charge is 0.385 e. The molecule has 1 aromatic rings. The van der Waals surface area contributed by atoms with E-state index in [0.29, 0.717) is 11.7 Å². The van der Waals surface area contributed by atoms with Crippen LogP contribution in [0.15, 0.2) is 18.2 Å². The Balaban J connectivity index is 1.77. The number of hydrogen-bond donors (Lipinski definition) is 1. The SMILES string of the molecule is Cc1ccc(C#N)cc1NCCCC1CCCO1. The van der Waals surface area contributed by atoms with E-state index in [4.69, 9.17) is 10.00 Å². The van der Waals surface area contributed by atoms with Crippen LogP contribution in [0.2, 0.25) is 0 Å². The smallest absolute Gasteiger partial charge is 0.0992 e. The summed E-state index contributed by atoms with van der Waals surface area (Å²) in [6.07, 6.45) is 5.13. The highest BCUT2D eigenvalue weighted by Crippen LogP contribution is 2.19. The third-order valence-corrected chi connectivity index (χ3v) is 3.41. The molecule has 0 aromatic heterocycles. The first-order valence-electron chi connectivity index (χ1n) is 6.66. The predicted molar refractivity (Wildman–Crippen MR) is 72.6 cm³/mol. The zero-order valence-corrected chi connectivity index (χ0v) is 10.9. The van der Waals surface area contributed by atoms with Gasteiger partial charge in [-0.05, 0) is 50.3 Å². The van der Waals surface area contributed by atoms with Crippen molar-refractivity contribution >= 4 is 5.69 Å². The van der Waals surface area contributed by atoms with Gasteiger partial charge < -0.3 is 10.1 Å². The second-order valence-electron chi connectivity index (χ2n) is 4.85. The van der Waals surface area contributed by atoms with Gasteiger partial charge in [0.15, 0.2) is 0 Å². The molecule has 1 atom stereocenters. The first kappa shape index (κ1) is 12.9. The first-order chi connectivity index (χ1) is 8.79. The van der Waals surface area contributed by atoms with Gasteiger partial charge in [0.2, 0.25) is 0 Å². The van der Waals surface area contributed by atoms with Crippen LogP contribution in [-0.4, -0.2) is 19.3 Å². The number of nitrogens with one attached hydrogen (secondary N) is 1. The minimum Gasteiger partial charge on any atom is -0.385 e. The van der Waals surface area contributed by atoms with E-state index in [0.717, 1.165) is 31.7 Å². The fraction of sp³-hybridized carbons (Fsp3) is 0.533. The molecule has 1 N–H and O–H groups in total. The Kier molecular flexibility index (Phi) is 4.60. The van der Waals surface area contributed by atoms with Crippen molar-refractivity contribution in [1.29, 1.82) is 5.26 Å². The number of aryl methyl sites for hydroxylation is 1. The van der Waals surface area contributed by atoms with Crippen LogP contribution < -0.4 is 5.32 Å². The van der Waals surface area contributed by atoms with Crippen LogP contribution in [0.4, 0.5) is 5.69 Å². The topological polar surface area (TPSA) is 45.0 Å². The minimum atomic E-state index is 0.471. The van der Waals surface area contributed by atoms with Crippen LogP contribution in [0.3, 0.4) is 0 Å². The van der Waals surface area contributed by atoms with E-state index >= 15 is 0 Å². The molecule has 3 nitrogen and oxygen atoms in total. The summed E-state index contributed by atoms with van der Waals surface area (Å²) in [4.78, 5) is 0. The molecule has 1 heterocycles. The van der Waals surface area contributed by atoms with E-state index in [9.17, 15) is 0 Å². The van der Waals surface area contributed by atoms with Gasteiger partial charge >= 0.3 is 0 Å². The number of benzene rings is 1. The molecule has 1 fully saturated rings. The summed E-state index contributed by atoms with van der Waals surface area (Å²) in [6, 6.07) is 7.93. The first-order valence-corrected chi connectivity index (χ1v) is 6.66. The molecule has 0 saturated carbocycles. The highest BCUT2D eigenvalue weighted by Gasteiger charge is 2.14. The van der Waals surface area contributed by atoms with Gasteiger partial charge in [-0.2, -0.15) is 5.26 Å². The van der Waals surface area contributed by atoms with Gasteiger partial charge in [-0.1, -0.05) is 6.07 Å². The Bertz CT molecular complexity index is 431. The standard InChI is InChI=1S/C15H20N2O/c1-12-6-7-13(11-16)10-15(12)17-8-2-4-14-5-3-9-18-14/h6-7,10,14,17H,2-5,8-9H2,1H3. The average Bonchev–Trinajstić information content (AvgIpc) is 2.89. The van der Waals surface area contributed by atoms with E-state index in [1.165, 1.54) is 18.4 Å². The molecule has 0 aliphatic carbocycles. The molecule has 0 amide bonds. The molecule has 0 bridgehead atoms. The second-order valence-corrected chi connectivity index (χ2v) is 4.85. The van der Waals surface area contributed by atoms with Gasteiger partial charge in [0.1, 0.15) is 0 Å². The molecular formula is C15H20N2O. The maximum atomic E-state index is 8.87. The number of ether oxygens (including phenoxy) is 1. The highest BCUT2D eigenvalue weighted by atomic mass is 16.5. The maximum absolute atomic E-state index is 8.87. The monoisotopic (exact) mass is 244 g/mol. The zero-order valence-electron chi connectivity index (χ0n) is 10.9. The number of hydrogen-bond acceptors (Lipinski definition) is 3. The summed E-state index contributed by atoms with van der Waals surface area (Å²) in [5.41, 5.74) is 2.97. The predicted octanol–water partition coefficient (Wildman–Crippen LogP) is 3.24. The number of nitrogens with zero attached hydrogens (tertiary/aromatic N) is 1. The van der Waals surface area contributed by atoms with Crippen molar-refractivity contribution in [2.45, 2.75) is 38.7 Å². The van der Waals surface area contributed by atoms with Crippen LogP contribution in [0.5, 0.6) is 0 Å². The molecule has 0 spiro atoms. The number of rotatable bonds is 5. The summed E-state index contributed by atoms with van der Waals surface area (Å²) in [6.45, 7) is 3.93. The van der Waals surface area contributed by atoms with E-state index < -0.39 is 0 Å². The van der Waals surface area contributed by atoms with Crippen molar-refractivity contribution in [3.05, 3.63) is 29.3 Å². The van der Waals surface area contributed by atoms with Gasteiger partial charge in [0.25, 0.3) is 0 Å². The highest BCUT2D eigenvalue weighted by molar-refractivity contribution is 5.55. The van der Waals surface area contributed by atoms with E-state index in [-0.39, 0.29) is 0 Å². The Labute approximate surface area is 109 Å². The fourth-order valence-corrected chi connectivity index (χ4v) is 2.31. The maximum Gasteiger partial charge on any atom is 0.0992 e. The summed E-state index contributed by atoms with van der Waals surface area (Å²) in [5.74, 6) is 0. The molecule has 2 rings (SSSR count). The van der Waals surface area contributed by atoms with Crippen molar-refractivity contribution in [3.8, 4) is 6.07 Å². The average molecular weight is 244 g/mol. The van der Waals surface area contributed by atoms with Gasteiger partial charge in [-0.25, -0.2) is 0 Å². The summed E-state index contributed by atoms with van der Waals surface area (Å²) in [5, 5.41) is 12.3. The van der Waals surface area contributed by atoms with Crippen LogP contribution in [0.1, 0.15) is 36.8 Å². The third kappa shape index (κ3) is 3.48. The van der Waals surface area contributed by atoms with Gasteiger partial charge in [-0.3, -0.25) is 0 Å². The molecule has 1 saturated heterocycles. The normalized spacial score (nSPS) is 18.6. The fourth-order valence-electron chi connectivity index (χ4n) is 2.31. The third-order valence-electron chi connectivity index (χ3n) is 3.41. The van der Waals surface area contributed by atoms with Crippen molar-refractivity contribution in [2.75, 3.05) is 18.5 Å². The number of anilines is 1. The Hall–Kier alpha value is -1.53. The van der Waals surface area contributed by atoms with Crippen LogP contribution in [-0.2, 0) is 4.74 Å². The lowest BCUT2D eigenvalue weighted by Gasteiger charge is -2.12. The molecular weight excluding hydrogens is 224 g/mol. The van der Waals surface area contributed by atoms with E-state index in [1.54, 1.807) is 0 Å². The molecule has 1 aliphatic heterocycles. The molecule has 1 aliphatic rings. The molecule has 0 radical (unpaired) electrons. The van der Waals surface area contributed by atoms with Gasteiger partial charge in [0, 0.05) is 18.8 Å². The molecule has 3 heteroatoms. The van der Waals surface area contributed by atoms with Gasteiger partial charge in [0.05, 0.1) is 17.7 Å². The van der Waals surface area contributed by atoms with E-state index in [1.807, 2.05) is 18.2 Å². The molecule has 18 heavy (non-hydrogen) atoms. The molecule has 1 unspecified atom stereocenters. The Morgan fingerprint density at radius 1 is 1.50 bits per heavy atom. The Morgan fingerprint density at radius 2 is 2.39 bits per heavy atom. The Morgan fingerprint density at radius 3 is 3.11 bits per heavy atom. The zero-order chi connectivity index (χ0) is 12.8. The summed E-state index contributed by atoms with van der Waals surface area (Å²) >= 11 is 0. The van der Waals surface area contributed by atoms with Crippen LogP contribution in [0, 0.1) is 18.3 Å². The van der Waals surface area contributed by atoms with Crippen molar-refractivity contribution in [2.24, 2.45) is 0 Å². The minimum absolute atomic E-state index is 0.471. The summed E-state index contributed by atoms with van der Waals surface area (Å²) < 4.78 is 5.59. The van der Waals surface area contributed by atoms with Crippen molar-refractivity contribution in [3.63, 3.8) is 0 Å². The summed E-state index contributed by atoms with van der Waals surface area (Å²) in [7, 11) is 0. The lowest BCUT2D eigenvalue weighted by Crippen LogP contribution is -2.09. The van der Waals surface area contributed by atoms with E-state index in [2.05, 4.69) is 18.3 Å². The van der Waals surface area contributed by atoms with Gasteiger partial charge in [-0.15, -0.1) is 0 Å². The van der Waals surface area contributed by atoms with Crippen LogP contribution >= 0.6 is 0 Å².